The first-order chi connectivity index (χ1) is 7.22. The van der Waals surface area contributed by atoms with Gasteiger partial charge in [0.15, 0.2) is 0 Å². The van der Waals surface area contributed by atoms with Crippen LogP contribution < -0.4 is 10.6 Å². The molecule has 1 heterocycles. The molecule has 0 atom stereocenters. The van der Waals surface area contributed by atoms with E-state index in [1.165, 1.54) is 4.88 Å². The van der Waals surface area contributed by atoms with E-state index in [0.29, 0.717) is 19.5 Å². The van der Waals surface area contributed by atoms with Crippen LogP contribution in [0.5, 0.6) is 0 Å². The average molecular weight is 247 g/mol. The molecule has 84 valence electrons. The van der Waals surface area contributed by atoms with E-state index in [1.807, 2.05) is 19.1 Å². The summed E-state index contributed by atoms with van der Waals surface area (Å²) >= 11 is 7.35. The lowest BCUT2D eigenvalue weighted by Gasteiger charge is -2.03. The number of nitrogens with one attached hydrogen (secondary N) is 2. The molecule has 0 unspecified atom stereocenters. The average Bonchev–Trinajstić information content (AvgIpc) is 2.60. The highest BCUT2D eigenvalue weighted by molar-refractivity contribution is 7.16. The summed E-state index contributed by atoms with van der Waals surface area (Å²) in [5, 5.41) is 5.95. The summed E-state index contributed by atoms with van der Waals surface area (Å²) in [6.45, 7) is 4.08. The first-order valence-electron chi connectivity index (χ1n) is 4.94. The van der Waals surface area contributed by atoms with E-state index < -0.39 is 0 Å². The lowest BCUT2D eigenvalue weighted by Crippen LogP contribution is -2.27. The molecule has 1 amide bonds. The third-order valence-electron chi connectivity index (χ3n) is 1.83. The predicted molar refractivity (Wildman–Crippen MR) is 64.3 cm³/mol. The van der Waals surface area contributed by atoms with Crippen LogP contribution in [-0.2, 0) is 11.3 Å². The van der Waals surface area contributed by atoms with E-state index in [4.69, 9.17) is 11.6 Å². The molecule has 2 N–H and O–H groups in total. The molecule has 0 radical (unpaired) electrons. The van der Waals surface area contributed by atoms with E-state index in [2.05, 4.69) is 10.6 Å². The van der Waals surface area contributed by atoms with Crippen LogP contribution in [0.2, 0.25) is 4.34 Å². The Balaban J connectivity index is 2.09. The molecule has 3 nitrogen and oxygen atoms in total. The van der Waals surface area contributed by atoms with Crippen molar-refractivity contribution in [3.05, 3.63) is 21.3 Å². The van der Waals surface area contributed by atoms with Gasteiger partial charge in [0.2, 0.25) is 5.91 Å². The maximum absolute atomic E-state index is 11.1. The summed E-state index contributed by atoms with van der Waals surface area (Å²) in [6, 6.07) is 3.87. The zero-order valence-corrected chi connectivity index (χ0v) is 10.3. The Bertz CT molecular complexity index is 314. The van der Waals surface area contributed by atoms with Gasteiger partial charge >= 0.3 is 0 Å². The lowest BCUT2D eigenvalue weighted by atomic mass is 10.4. The minimum Gasteiger partial charge on any atom is -0.356 e. The van der Waals surface area contributed by atoms with Crippen LogP contribution in [0.4, 0.5) is 0 Å². The molecular weight excluding hydrogens is 232 g/mol. The number of carbonyl (C=O) groups excluding carboxylic acids is 1. The highest BCUT2D eigenvalue weighted by atomic mass is 35.5. The molecule has 0 fully saturated rings. The van der Waals surface area contributed by atoms with Crippen molar-refractivity contribution in [2.75, 3.05) is 13.1 Å². The first-order valence-corrected chi connectivity index (χ1v) is 6.13. The number of amides is 1. The van der Waals surface area contributed by atoms with Crippen LogP contribution in [0.3, 0.4) is 0 Å². The van der Waals surface area contributed by atoms with Crippen molar-refractivity contribution in [1.29, 1.82) is 0 Å². The number of rotatable bonds is 6. The van der Waals surface area contributed by atoms with E-state index in [-0.39, 0.29) is 5.91 Å². The molecule has 1 aromatic heterocycles. The van der Waals surface area contributed by atoms with Crippen LogP contribution in [0.25, 0.3) is 0 Å². The molecule has 0 aliphatic heterocycles. The molecule has 1 aromatic rings. The molecule has 5 heteroatoms. The van der Waals surface area contributed by atoms with Gasteiger partial charge in [0.25, 0.3) is 0 Å². The van der Waals surface area contributed by atoms with Gasteiger partial charge in [-0.1, -0.05) is 11.6 Å². The van der Waals surface area contributed by atoms with Gasteiger partial charge in [-0.2, -0.15) is 0 Å². The molecule has 0 saturated heterocycles. The van der Waals surface area contributed by atoms with E-state index >= 15 is 0 Å². The van der Waals surface area contributed by atoms with E-state index in [0.717, 1.165) is 10.9 Å². The molecule has 0 saturated carbocycles. The molecule has 0 aromatic carbocycles. The summed E-state index contributed by atoms with van der Waals surface area (Å²) < 4.78 is 0.801. The molecule has 0 aliphatic carbocycles. The zero-order valence-electron chi connectivity index (χ0n) is 8.68. The van der Waals surface area contributed by atoms with Crippen LogP contribution in [0, 0.1) is 0 Å². The minimum absolute atomic E-state index is 0.0919. The Labute approximate surface area is 98.8 Å². The second-order valence-corrected chi connectivity index (χ2v) is 4.89. The molecule has 0 aliphatic rings. The monoisotopic (exact) mass is 246 g/mol. The number of hydrogen-bond acceptors (Lipinski definition) is 3. The Morgan fingerprint density at radius 3 is 2.93 bits per heavy atom. The van der Waals surface area contributed by atoms with Crippen LogP contribution in [0.15, 0.2) is 12.1 Å². The molecule has 0 bridgehead atoms. The van der Waals surface area contributed by atoms with Gasteiger partial charge in [-0.3, -0.25) is 4.79 Å². The normalized spacial score (nSPS) is 10.3. The second kappa shape index (κ2) is 6.82. The zero-order chi connectivity index (χ0) is 11.1. The second-order valence-electron chi connectivity index (χ2n) is 3.09. The summed E-state index contributed by atoms with van der Waals surface area (Å²) in [5.74, 6) is 0.0919. The molecule has 0 spiro atoms. The Hall–Kier alpha value is -0.580. The Morgan fingerprint density at radius 2 is 2.33 bits per heavy atom. The summed E-state index contributed by atoms with van der Waals surface area (Å²) in [5.41, 5.74) is 0. The van der Waals surface area contributed by atoms with Crippen molar-refractivity contribution in [1.82, 2.24) is 10.6 Å². The molecule has 15 heavy (non-hydrogen) atoms. The topological polar surface area (TPSA) is 41.1 Å². The molecule has 1 rings (SSSR count). The number of hydrogen-bond donors (Lipinski definition) is 2. The van der Waals surface area contributed by atoms with Crippen molar-refractivity contribution in [3.8, 4) is 0 Å². The van der Waals surface area contributed by atoms with Crippen molar-refractivity contribution in [3.63, 3.8) is 0 Å². The maximum Gasteiger partial charge on any atom is 0.221 e. The summed E-state index contributed by atoms with van der Waals surface area (Å²) in [7, 11) is 0. The standard InChI is InChI=1S/C10H15ClN2OS/c1-2-13-10(14)5-6-12-7-8-3-4-9(11)15-8/h3-4,12H,2,5-7H2,1H3,(H,13,14). The largest absolute Gasteiger partial charge is 0.356 e. The molecular formula is C10H15ClN2OS. The number of halogens is 1. The van der Waals surface area contributed by atoms with Gasteiger partial charge in [0.1, 0.15) is 0 Å². The highest BCUT2D eigenvalue weighted by Gasteiger charge is 2.00. The number of carbonyl (C=O) groups is 1. The van der Waals surface area contributed by atoms with Gasteiger partial charge in [0.05, 0.1) is 4.34 Å². The van der Waals surface area contributed by atoms with Gasteiger partial charge in [-0.15, -0.1) is 11.3 Å². The minimum atomic E-state index is 0.0919. The van der Waals surface area contributed by atoms with Crippen molar-refractivity contribution < 1.29 is 4.79 Å². The number of thiophene rings is 1. The van der Waals surface area contributed by atoms with Gasteiger partial charge in [0, 0.05) is 30.9 Å². The quantitative estimate of drug-likeness (QED) is 0.754. The summed E-state index contributed by atoms with van der Waals surface area (Å²) in [4.78, 5) is 12.3. The predicted octanol–water partition coefficient (Wildman–Crippen LogP) is 2.02. The van der Waals surface area contributed by atoms with E-state index in [1.54, 1.807) is 11.3 Å². The smallest absolute Gasteiger partial charge is 0.221 e. The van der Waals surface area contributed by atoms with Gasteiger partial charge < -0.3 is 10.6 Å². The Kier molecular flexibility index (Phi) is 5.68. The van der Waals surface area contributed by atoms with Crippen molar-refractivity contribution >= 4 is 28.8 Å². The SMILES string of the molecule is CCNC(=O)CCNCc1ccc(Cl)s1. The van der Waals surface area contributed by atoms with Gasteiger partial charge in [-0.25, -0.2) is 0 Å². The Morgan fingerprint density at radius 1 is 1.53 bits per heavy atom. The van der Waals surface area contributed by atoms with E-state index in [9.17, 15) is 4.79 Å². The van der Waals surface area contributed by atoms with Gasteiger partial charge in [-0.05, 0) is 19.1 Å². The first kappa shape index (κ1) is 12.5. The van der Waals surface area contributed by atoms with Crippen LogP contribution in [-0.4, -0.2) is 19.0 Å². The van der Waals surface area contributed by atoms with Crippen LogP contribution in [0.1, 0.15) is 18.2 Å². The third-order valence-corrected chi connectivity index (χ3v) is 3.06. The van der Waals surface area contributed by atoms with Crippen molar-refractivity contribution in [2.24, 2.45) is 0 Å². The highest BCUT2D eigenvalue weighted by Crippen LogP contribution is 2.20. The summed E-state index contributed by atoms with van der Waals surface area (Å²) in [6.07, 6.45) is 0.521. The fourth-order valence-electron chi connectivity index (χ4n) is 1.15. The fraction of sp³-hybridized carbons (Fsp3) is 0.500. The third kappa shape index (κ3) is 5.16. The van der Waals surface area contributed by atoms with Crippen molar-refractivity contribution in [2.45, 2.75) is 19.9 Å². The fourth-order valence-corrected chi connectivity index (χ4v) is 2.20. The lowest BCUT2D eigenvalue weighted by molar-refractivity contribution is -0.120. The maximum atomic E-state index is 11.1. The van der Waals surface area contributed by atoms with Crippen LogP contribution >= 0.6 is 22.9 Å².